The van der Waals surface area contributed by atoms with Crippen LogP contribution in [0.5, 0.6) is 0 Å². The number of hydrogen-bond donors (Lipinski definition) is 2. The SMILES string of the molecule is CCCSc1nc(N2CCCC(CCC)C2)ccc1C(=O)NC1C2CC3CC1CC(O)(C3)C2. The van der Waals surface area contributed by atoms with Crippen molar-refractivity contribution >= 4 is 23.5 Å². The van der Waals surface area contributed by atoms with Crippen LogP contribution in [-0.4, -0.2) is 46.5 Å². The van der Waals surface area contributed by atoms with E-state index in [0.717, 1.165) is 79.7 Å². The number of aromatic nitrogens is 1. The van der Waals surface area contributed by atoms with Gasteiger partial charge in [0.25, 0.3) is 5.91 Å². The molecular weight excluding hydrogens is 430 g/mol. The molecule has 6 rings (SSSR count). The first-order valence-corrected chi connectivity index (χ1v) is 14.4. The Labute approximate surface area is 203 Å². The molecule has 0 radical (unpaired) electrons. The van der Waals surface area contributed by atoms with Gasteiger partial charge in [0, 0.05) is 19.1 Å². The summed E-state index contributed by atoms with van der Waals surface area (Å²) in [4.78, 5) is 20.9. The highest BCUT2D eigenvalue weighted by molar-refractivity contribution is 7.99. The van der Waals surface area contributed by atoms with Gasteiger partial charge < -0.3 is 15.3 Å². The van der Waals surface area contributed by atoms with Crippen molar-refractivity contribution in [3.63, 3.8) is 0 Å². The molecule has 2 N–H and O–H groups in total. The summed E-state index contributed by atoms with van der Waals surface area (Å²) >= 11 is 1.72. The molecule has 3 atom stereocenters. The Morgan fingerprint density at radius 3 is 2.70 bits per heavy atom. The van der Waals surface area contributed by atoms with Gasteiger partial charge in [0.2, 0.25) is 0 Å². The molecule has 1 aliphatic heterocycles. The number of thioether (sulfide) groups is 1. The van der Waals surface area contributed by atoms with E-state index in [4.69, 9.17) is 4.98 Å². The minimum Gasteiger partial charge on any atom is -0.390 e. The van der Waals surface area contributed by atoms with Crippen molar-refractivity contribution in [3.8, 4) is 0 Å². The van der Waals surface area contributed by atoms with Gasteiger partial charge in [-0.05, 0) is 99.3 Å². The van der Waals surface area contributed by atoms with Crippen molar-refractivity contribution in [1.29, 1.82) is 0 Å². The van der Waals surface area contributed by atoms with Gasteiger partial charge in [-0.2, -0.15) is 0 Å². The number of anilines is 1. The fourth-order valence-electron chi connectivity index (χ4n) is 7.45. The van der Waals surface area contributed by atoms with Crippen LogP contribution in [0.15, 0.2) is 17.2 Å². The van der Waals surface area contributed by atoms with Crippen LogP contribution in [-0.2, 0) is 0 Å². The second-order valence-electron chi connectivity index (χ2n) is 11.3. The number of nitrogens with one attached hydrogen (secondary N) is 1. The van der Waals surface area contributed by atoms with Crippen molar-refractivity contribution in [1.82, 2.24) is 10.3 Å². The number of nitrogens with zero attached hydrogens (tertiary/aromatic N) is 2. The normalized spacial score (nSPS) is 35.1. The van der Waals surface area contributed by atoms with Crippen LogP contribution in [0.4, 0.5) is 5.82 Å². The van der Waals surface area contributed by atoms with E-state index >= 15 is 0 Å². The third-order valence-electron chi connectivity index (χ3n) is 8.61. The van der Waals surface area contributed by atoms with Gasteiger partial charge >= 0.3 is 0 Å². The van der Waals surface area contributed by atoms with Crippen molar-refractivity contribution in [2.45, 2.75) is 94.7 Å². The average molecular weight is 472 g/mol. The number of amides is 1. The Hall–Kier alpha value is -1.27. The minimum absolute atomic E-state index is 0.0274. The van der Waals surface area contributed by atoms with E-state index in [1.165, 1.54) is 25.7 Å². The van der Waals surface area contributed by atoms with Crippen LogP contribution >= 0.6 is 11.8 Å². The summed E-state index contributed by atoms with van der Waals surface area (Å²) in [6, 6.07) is 4.29. The highest BCUT2D eigenvalue weighted by Gasteiger charge is 2.55. The molecule has 1 amide bonds. The fourth-order valence-corrected chi connectivity index (χ4v) is 8.32. The zero-order valence-corrected chi connectivity index (χ0v) is 21.2. The monoisotopic (exact) mass is 471 g/mol. The van der Waals surface area contributed by atoms with E-state index in [1.807, 2.05) is 6.07 Å². The summed E-state index contributed by atoms with van der Waals surface area (Å²) in [6.07, 6.45) is 11.1. The molecule has 1 aromatic rings. The summed E-state index contributed by atoms with van der Waals surface area (Å²) in [5.41, 5.74) is 0.263. The first-order valence-electron chi connectivity index (χ1n) is 13.4. The second-order valence-corrected chi connectivity index (χ2v) is 12.4. The summed E-state index contributed by atoms with van der Waals surface area (Å²) in [5.74, 6) is 4.28. The molecule has 33 heavy (non-hydrogen) atoms. The van der Waals surface area contributed by atoms with Gasteiger partial charge in [-0.25, -0.2) is 4.98 Å². The average Bonchev–Trinajstić information content (AvgIpc) is 2.79. The molecule has 5 fully saturated rings. The lowest BCUT2D eigenvalue weighted by Crippen LogP contribution is -2.61. The summed E-state index contributed by atoms with van der Waals surface area (Å²) in [7, 11) is 0. The fraction of sp³-hybridized carbons (Fsp3) is 0.778. The van der Waals surface area contributed by atoms with Gasteiger partial charge in [0.15, 0.2) is 0 Å². The van der Waals surface area contributed by atoms with Crippen LogP contribution in [0, 0.1) is 23.7 Å². The number of rotatable bonds is 8. The third kappa shape index (κ3) is 4.93. The largest absolute Gasteiger partial charge is 0.390 e. The zero-order valence-electron chi connectivity index (χ0n) is 20.4. The van der Waals surface area contributed by atoms with E-state index in [-0.39, 0.29) is 11.9 Å². The van der Waals surface area contributed by atoms with E-state index in [1.54, 1.807) is 11.8 Å². The molecule has 5 aliphatic rings. The molecule has 6 heteroatoms. The smallest absolute Gasteiger partial charge is 0.254 e. The second kappa shape index (κ2) is 9.77. The number of piperidine rings is 1. The lowest BCUT2D eigenvalue weighted by Gasteiger charge is -2.58. The molecule has 1 aromatic heterocycles. The molecular formula is C27H41N3O2S. The highest BCUT2D eigenvalue weighted by Crippen LogP contribution is 2.55. The Morgan fingerprint density at radius 1 is 1.21 bits per heavy atom. The number of pyridine rings is 1. The predicted molar refractivity (Wildman–Crippen MR) is 135 cm³/mol. The van der Waals surface area contributed by atoms with E-state index in [9.17, 15) is 9.90 Å². The van der Waals surface area contributed by atoms with Gasteiger partial charge in [0.05, 0.1) is 11.2 Å². The first-order chi connectivity index (χ1) is 16.0. The van der Waals surface area contributed by atoms with Gasteiger partial charge in [-0.3, -0.25) is 4.79 Å². The van der Waals surface area contributed by atoms with Crippen molar-refractivity contribution < 1.29 is 9.90 Å². The standard InChI is InChI=1S/C27H41N3O2S/c1-3-6-18-7-5-10-30(17-18)23-9-8-22(26(28-23)33-11-4-2)25(31)29-24-20-12-19-13-21(24)16-27(32,14-19)15-20/h8-9,18-21,24,32H,3-7,10-17H2,1-2H3,(H,29,31). The maximum atomic E-state index is 13.5. The lowest BCUT2D eigenvalue weighted by atomic mass is 9.52. The van der Waals surface area contributed by atoms with Crippen LogP contribution in [0.1, 0.15) is 88.4 Å². The predicted octanol–water partition coefficient (Wildman–Crippen LogP) is 5.27. The quantitative estimate of drug-likeness (QED) is 0.506. The molecule has 182 valence electrons. The Kier molecular flexibility index (Phi) is 6.95. The summed E-state index contributed by atoms with van der Waals surface area (Å²) < 4.78 is 0. The molecule has 5 nitrogen and oxygen atoms in total. The molecule has 0 aromatic carbocycles. The van der Waals surface area contributed by atoms with Crippen molar-refractivity contribution in [3.05, 3.63) is 17.7 Å². The number of carbonyl (C=O) groups is 1. The van der Waals surface area contributed by atoms with Crippen LogP contribution in [0.25, 0.3) is 0 Å². The Bertz CT molecular complexity index is 844. The molecule has 2 heterocycles. The molecule has 0 spiro atoms. The first kappa shape index (κ1) is 23.5. The van der Waals surface area contributed by atoms with E-state index in [2.05, 4.69) is 30.1 Å². The molecule has 1 saturated heterocycles. The summed E-state index contributed by atoms with van der Waals surface area (Å²) in [5, 5.41) is 15.2. The maximum absolute atomic E-state index is 13.5. The molecule has 4 bridgehead atoms. The van der Waals surface area contributed by atoms with Crippen LogP contribution < -0.4 is 10.2 Å². The molecule has 4 aliphatic carbocycles. The van der Waals surface area contributed by atoms with Crippen LogP contribution in [0.3, 0.4) is 0 Å². The minimum atomic E-state index is -0.465. The third-order valence-corrected chi connectivity index (χ3v) is 9.81. The molecule has 4 saturated carbocycles. The van der Waals surface area contributed by atoms with Gasteiger partial charge in [-0.1, -0.05) is 20.3 Å². The number of hydrogen-bond acceptors (Lipinski definition) is 5. The highest BCUT2D eigenvalue weighted by atomic mass is 32.2. The summed E-state index contributed by atoms with van der Waals surface area (Å²) in [6.45, 7) is 6.59. The van der Waals surface area contributed by atoms with Crippen molar-refractivity contribution in [2.75, 3.05) is 23.7 Å². The topological polar surface area (TPSA) is 65.5 Å². The van der Waals surface area contributed by atoms with Crippen molar-refractivity contribution in [2.24, 2.45) is 23.7 Å². The van der Waals surface area contributed by atoms with E-state index in [0.29, 0.717) is 17.8 Å². The Balaban J connectivity index is 1.32. The zero-order chi connectivity index (χ0) is 23.0. The van der Waals surface area contributed by atoms with Gasteiger partial charge in [0.1, 0.15) is 10.8 Å². The molecule has 3 unspecified atom stereocenters. The number of carbonyl (C=O) groups excluding carboxylic acids is 1. The maximum Gasteiger partial charge on any atom is 0.254 e. The van der Waals surface area contributed by atoms with Crippen LogP contribution in [0.2, 0.25) is 0 Å². The lowest BCUT2D eigenvalue weighted by molar-refractivity contribution is -0.136. The Morgan fingerprint density at radius 2 is 2.00 bits per heavy atom. The van der Waals surface area contributed by atoms with E-state index < -0.39 is 5.60 Å². The van der Waals surface area contributed by atoms with Gasteiger partial charge in [-0.15, -0.1) is 11.8 Å². The number of aliphatic hydroxyl groups is 1.